The lowest BCUT2D eigenvalue weighted by Crippen LogP contribution is -2.52. The summed E-state index contributed by atoms with van der Waals surface area (Å²) in [6.45, 7) is 1.68. The molecule has 1 aliphatic carbocycles. The third kappa shape index (κ3) is 2.28. The van der Waals surface area contributed by atoms with E-state index in [9.17, 15) is 10.1 Å². The van der Waals surface area contributed by atoms with Gasteiger partial charge in [0.1, 0.15) is 12.2 Å². The van der Waals surface area contributed by atoms with Gasteiger partial charge in [-0.25, -0.2) is 0 Å². The summed E-state index contributed by atoms with van der Waals surface area (Å²) in [4.78, 5) is 10.6. The Morgan fingerprint density at radius 1 is 1.50 bits per heavy atom. The van der Waals surface area contributed by atoms with Gasteiger partial charge in [-0.2, -0.15) is 0 Å². The first-order chi connectivity index (χ1) is 8.54. The van der Waals surface area contributed by atoms with Crippen LogP contribution >= 0.6 is 11.6 Å². The van der Waals surface area contributed by atoms with Crippen molar-refractivity contribution in [1.29, 1.82) is 0 Å². The summed E-state index contributed by atoms with van der Waals surface area (Å²) in [7, 11) is 1.56. The van der Waals surface area contributed by atoms with Crippen molar-refractivity contribution in [3.8, 4) is 5.75 Å². The highest BCUT2D eigenvalue weighted by Crippen LogP contribution is 2.37. The highest BCUT2D eigenvalue weighted by atomic mass is 35.5. The number of halogens is 1. The zero-order valence-corrected chi connectivity index (χ0v) is 10.9. The van der Waals surface area contributed by atoms with Gasteiger partial charge in [0.05, 0.1) is 10.3 Å². The molecule has 0 bridgehead atoms. The molecule has 1 aromatic rings. The summed E-state index contributed by atoms with van der Waals surface area (Å²) in [5.41, 5.74) is 0.582. The third-order valence-electron chi connectivity index (χ3n) is 3.11. The van der Waals surface area contributed by atoms with E-state index in [2.05, 4.69) is 0 Å². The lowest BCUT2D eigenvalue weighted by molar-refractivity contribution is -0.386. The molecule has 3 unspecified atom stereocenters. The second-order valence-electron chi connectivity index (χ2n) is 4.29. The van der Waals surface area contributed by atoms with Gasteiger partial charge >= 0.3 is 5.69 Å². The Kier molecular flexibility index (Phi) is 3.73. The first kappa shape index (κ1) is 13.1. The van der Waals surface area contributed by atoms with Gasteiger partial charge in [0, 0.05) is 19.1 Å². The number of para-hydroxylation sites is 1. The van der Waals surface area contributed by atoms with E-state index in [1.54, 1.807) is 32.2 Å². The van der Waals surface area contributed by atoms with Crippen molar-refractivity contribution in [2.45, 2.75) is 30.9 Å². The number of alkyl halides is 1. The van der Waals surface area contributed by atoms with Gasteiger partial charge in [-0.1, -0.05) is 12.1 Å². The molecule has 1 fully saturated rings. The third-order valence-corrected chi connectivity index (χ3v) is 3.54. The molecule has 1 saturated carbocycles. The van der Waals surface area contributed by atoms with Gasteiger partial charge < -0.3 is 9.47 Å². The number of nitro groups is 1. The first-order valence-electron chi connectivity index (χ1n) is 5.62. The fraction of sp³-hybridized carbons (Fsp3) is 0.500. The molecule has 0 aromatic heterocycles. The minimum absolute atomic E-state index is 0.00498. The lowest BCUT2D eigenvalue weighted by atomic mass is 9.91. The van der Waals surface area contributed by atoms with Gasteiger partial charge in [-0.05, 0) is 13.0 Å². The van der Waals surface area contributed by atoms with E-state index in [-0.39, 0.29) is 29.0 Å². The lowest BCUT2D eigenvalue weighted by Gasteiger charge is -2.39. The normalized spacial score (nSPS) is 26.5. The average Bonchev–Trinajstić information content (AvgIpc) is 2.28. The van der Waals surface area contributed by atoms with Gasteiger partial charge in [0.15, 0.2) is 5.75 Å². The van der Waals surface area contributed by atoms with Crippen molar-refractivity contribution in [3.05, 3.63) is 33.9 Å². The van der Waals surface area contributed by atoms with E-state index in [1.807, 2.05) is 0 Å². The second-order valence-corrected chi connectivity index (χ2v) is 4.85. The maximum Gasteiger partial charge on any atom is 0.313 e. The van der Waals surface area contributed by atoms with Crippen molar-refractivity contribution in [1.82, 2.24) is 0 Å². The predicted molar refractivity (Wildman–Crippen MR) is 67.3 cm³/mol. The zero-order valence-electron chi connectivity index (χ0n) is 10.1. The fourth-order valence-corrected chi connectivity index (χ4v) is 2.51. The van der Waals surface area contributed by atoms with Crippen LogP contribution in [0, 0.1) is 17.0 Å². The number of methoxy groups -OCH3 is 1. The van der Waals surface area contributed by atoms with Gasteiger partial charge in [0.2, 0.25) is 0 Å². The van der Waals surface area contributed by atoms with Crippen LogP contribution in [0.1, 0.15) is 12.0 Å². The number of rotatable bonds is 4. The van der Waals surface area contributed by atoms with Crippen LogP contribution in [0.5, 0.6) is 5.75 Å². The van der Waals surface area contributed by atoms with E-state index < -0.39 is 4.92 Å². The van der Waals surface area contributed by atoms with Crippen LogP contribution in [0.2, 0.25) is 0 Å². The molecule has 2 rings (SSSR count). The van der Waals surface area contributed by atoms with E-state index in [4.69, 9.17) is 21.1 Å². The molecule has 0 heterocycles. The molecule has 0 amide bonds. The Labute approximate surface area is 110 Å². The van der Waals surface area contributed by atoms with E-state index in [1.165, 1.54) is 0 Å². The van der Waals surface area contributed by atoms with E-state index in [0.29, 0.717) is 12.0 Å². The maximum absolute atomic E-state index is 11.0. The van der Waals surface area contributed by atoms with Crippen LogP contribution in [0.3, 0.4) is 0 Å². The predicted octanol–water partition coefficient (Wildman–Crippen LogP) is 2.68. The molecule has 0 N–H and O–H groups in total. The van der Waals surface area contributed by atoms with Crippen molar-refractivity contribution >= 4 is 17.3 Å². The quantitative estimate of drug-likeness (QED) is 0.480. The Hall–Kier alpha value is -1.33. The fourth-order valence-electron chi connectivity index (χ4n) is 2.07. The number of hydrogen-bond acceptors (Lipinski definition) is 4. The number of nitro benzene ring substituents is 1. The minimum atomic E-state index is -0.427. The van der Waals surface area contributed by atoms with Crippen molar-refractivity contribution in [2.24, 2.45) is 0 Å². The monoisotopic (exact) mass is 271 g/mol. The summed E-state index contributed by atoms with van der Waals surface area (Å²) >= 11 is 5.97. The Morgan fingerprint density at radius 2 is 2.22 bits per heavy atom. The molecule has 0 spiro atoms. The number of hydrogen-bond donors (Lipinski definition) is 0. The Balaban J connectivity index is 2.20. The molecule has 6 heteroatoms. The molecule has 0 saturated heterocycles. The Morgan fingerprint density at radius 3 is 2.78 bits per heavy atom. The highest BCUT2D eigenvalue weighted by molar-refractivity contribution is 6.21. The minimum Gasteiger partial charge on any atom is -0.481 e. The largest absolute Gasteiger partial charge is 0.481 e. The summed E-state index contributed by atoms with van der Waals surface area (Å²) in [5, 5.41) is 10.9. The van der Waals surface area contributed by atoms with Crippen LogP contribution < -0.4 is 4.74 Å². The summed E-state index contributed by atoms with van der Waals surface area (Å²) in [5.74, 6) is 0.274. The van der Waals surface area contributed by atoms with Crippen LogP contribution in [-0.2, 0) is 4.74 Å². The average molecular weight is 272 g/mol. The molecule has 18 heavy (non-hydrogen) atoms. The number of benzene rings is 1. The molecule has 5 nitrogen and oxygen atoms in total. The molecule has 1 aliphatic rings. The number of nitrogens with zero attached hydrogens (tertiary/aromatic N) is 1. The molecular weight excluding hydrogens is 258 g/mol. The topological polar surface area (TPSA) is 61.6 Å². The molecule has 0 aliphatic heterocycles. The molecule has 1 aromatic carbocycles. The SMILES string of the molecule is COC1C(Cl)CC1Oc1cccc(C)c1[N+](=O)[O-]. The van der Waals surface area contributed by atoms with Gasteiger partial charge in [-0.15, -0.1) is 11.6 Å². The van der Waals surface area contributed by atoms with Crippen LogP contribution in [0.4, 0.5) is 5.69 Å². The van der Waals surface area contributed by atoms with Crippen molar-refractivity contribution in [2.75, 3.05) is 7.11 Å². The zero-order chi connectivity index (χ0) is 13.3. The van der Waals surface area contributed by atoms with Crippen LogP contribution in [0.15, 0.2) is 18.2 Å². The summed E-state index contributed by atoms with van der Waals surface area (Å²) in [6, 6.07) is 5.01. The van der Waals surface area contributed by atoms with Gasteiger partial charge in [0.25, 0.3) is 0 Å². The van der Waals surface area contributed by atoms with Gasteiger partial charge in [-0.3, -0.25) is 10.1 Å². The van der Waals surface area contributed by atoms with Crippen molar-refractivity contribution < 1.29 is 14.4 Å². The Bertz CT molecular complexity index is 465. The number of aryl methyl sites for hydroxylation is 1. The van der Waals surface area contributed by atoms with Crippen molar-refractivity contribution in [3.63, 3.8) is 0 Å². The summed E-state index contributed by atoms with van der Waals surface area (Å²) in [6.07, 6.45) is 0.190. The maximum atomic E-state index is 11.0. The second kappa shape index (κ2) is 5.12. The molecule has 3 atom stereocenters. The smallest absolute Gasteiger partial charge is 0.313 e. The molecular formula is C12H14ClNO4. The first-order valence-corrected chi connectivity index (χ1v) is 6.05. The molecule has 0 radical (unpaired) electrons. The number of ether oxygens (including phenoxy) is 2. The highest BCUT2D eigenvalue weighted by Gasteiger charge is 2.43. The van der Waals surface area contributed by atoms with E-state index in [0.717, 1.165) is 0 Å². The van der Waals surface area contributed by atoms with E-state index >= 15 is 0 Å². The standard InChI is InChI=1S/C12H14ClNO4/c1-7-4-3-5-9(11(7)14(15)16)18-10-6-8(13)12(10)17-2/h3-5,8,10,12H,6H2,1-2H3. The summed E-state index contributed by atoms with van der Waals surface area (Å²) < 4.78 is 10.8. The molecule has 98 valence electrons. The van der Waals surface area contributed by atoms with Crippen LogP contribution in [0.25, 0.3) is 0 Å². The van der Waals surface area contributed by atoms with Crippen LogP contribution in [-0.4, -0.2) is 29.6 Å².